The second-order valence-corrected chi connectivity index (χ2v) is 3.46. The van der Waals surface area contributed by atoms with Gasteiger partial charge in [-0.3, -0.25) is 14.9 Å². The topological polar surface area (TPSA) is 92.5 Å². The zero-order valence-electron chi connectivity index (χ0n) is 8.98. The number of amides is 1. The van der Waals surface area contributed by atoms with Crippen LogP contribution in [0.15, 0.2) is 12.1 Å². The molecule has 0 bridgehead atoms. The van der Waals surface area contributed by atoms with Crippen LogP contribution in [-0.4, -0.2) is 15.9 Å². The van der Waals surface area contributed by atoms with Gasteiger partial charge in [-0.2, -0.15) is 0 Å². The molecule has 2 N–H and O–H groups in total. The number of benzene rings is 1. The van der Waals surface area contributed by atoms with Crippen LogP contribution >= 0.6 is 0 Å². The predicted octanol–water partition coefficient (Wildman–Crippen LogP) is 1.24. The number of aromatic hydroxyl groups is 1. The first kappa shape index (κ1) is 12.0. The third-order valence-electron chi connectivity index (χ3n) is 2.04. The molecule has 1 rings (SSSR count). The maximum absolute atomic E-state index is 10.7. The number of phenols is 1. The summed E-state index contributed by atoms with van der Waals surface area (Å²) >= 11 is 0. The van der Waals surface area contributed by atoms with E-state index in [1.807, 2.05) is 0 Å². The summed E-state index contributed by atoms with van der Waals surface area (Å²) in [5, 5.41) is 22.7. The fraction of sp³-hybridized carbons (Fsp3) is 0.300. The molecule has 0 aromatic heterocycles. The van der Waals surface area contributed by atoms with E-state index < -0.39 is 10.7 Å². The summed E-state index contributed by atoms with van der Waals surface area (Å²) in [6.07, 6.45) is 0. The molecule has 0 aliphatic heterocycles. The molecule has 0 atom stereocenters. The number of nitrogens with one attached hydrogen (secondary N) is 1. The minimum atomic E-state index is -0.653. The molecule has 0 unspecified atom stereocenters. The number of hydrogen-bond donors (Lipinski definition) is 2. The Balaban J connectivity index is 3.09. The Bertz CT molecular complexity index is 443. The standard InChI is InChI=1S/C10H12N2O4/c1-6-3-8(5-11-7(2)13)10(14)9(4-6)12(15)16/h3-4,14H,5H2,1-2H3,(H,11,13). The van der Waals surface area contributed by atoms with Gasteiger partial charge in [-0.15, -0.1) is 0 Å². The molecule has 86 valence electrons. The molecule has 0 aliphatic carbocycles. The number of rotatable bonds is 3. The van der Waals surface area contributed by atoms with E-state index in [1.54, 1.807) is 13.0 Å². The Hall–Kier alpha value is -2.11. The van der Waals surface area contributed by atoms with Gasteiger partial charge in [0, 0.05) is 25.1 Å². The van der Waals surface area contributed by atoms with Crippen molar-refractivity contribution in [1.82, 2.24) is 5.32 Å². The number of nitro benzene ring substituents is 1. The van der Waals surface area contributed by atoms with Crippen LogP contribution < -0.4 is 5.32 Å². The van der Waals surface area contributed by atoms with Crippen LogP contribution in [-0.2, 0) is 11.3 Å². The number of phenolic OH excluding ortho intramolecular Hbond substituents is 1. The molecule has 0 spiro atoms. The number of carbonyl (C=O) groups is 1. The summed E-state index contributed by atoms with van der Waals surface area (Å²) in [6.45, 7) is 3.09. The smallest absolute Gasteiger partial charge is 0.311 e. The van der Waals surface area contributed by atoms with Crippen molar-refractivity contribution in [2.75, 3.05) is 0 Å². The molecular formula is C10H12N2O4. The van der Waals surface area contributed by atoms with Crippen LogP contribution in [0.3, 0.4) is 0 Å². The Kier molecular flexibility index (Phi) is 3.44. The highest BCUT2D eigenvalue weighted by molar-refractivity contribution is 5.73. The minimum Gasteiger partial charge on any atom is -0.502 e. The average molecular weight is 224 g/mol. The van der Waals surface area contributed by atoms with Crippen molar-refractivity contribution >= 4 is 11.6 Å². The van der Waals surface area contributed by atoms with E-state index in [1.165, 1.54) is 13.0 Å². The Morgan fingerprint density at radius 3 is 2.69 bits per heavy atom. The molecule has 0 radical (unpaired) electrons. The number of nitrogens with zero attached hydrogens (tertiary/aromatic N) is 1. The third-order valence-corrected chi connectivity index (χ3v) is 2.04. The quantitative estimate of drug-likeness (QED) is 0.596. The maximum Gasteiger partial charge on any atom is 0.311 e. The van der Waals surface area contributed by atoms with Gasteiger partial charge in [0.15, 0.2) is 5.75 Å². The van der Waals surface area contributed by atoms with Crippen LogP contribution in [0.5, 0.6) is 5.75 Å². The minimum absolute atomic E-state index is 0.0731. The monoisotopic (exact) mass is 224 g/mol. The van der Waals surface area contributed by atoms with Crippen LogP contribution in [0.2, 0.25) is 0 Å². The van der Waals surface area contributed by atoms with Gasteiger partial charge in [-0.1, -0.05) is 6.07 Å². The number of aryl methyl sites for hydroxylation is 1. The van der Waals surface area contributed by atoms with E-state index in [2.05, 4.69) is 5.32 Å². The second-order valence-electron chi connectivity index (χ2n) is 3.46. The summed E-state index contributed by atoms with van der Waals surface area (Å²) in [6, 6.07) is 2.88. The fourth-order valence-electron chi connectivity index (χ4n) is 1.33. The fourth-order valence-corrected chi connectivity index (χ4v) is 1.33. The lowest BCUT2D eigenvalue weighted by atomic mass is 10.1. The Morgan fingerprint density at radius 1 is 1.56 bits per heavy atom. The summed E-state index contributed by atoms with van der Waals surface area (Å²) in [5.41, 5.74) is 0.645. The average Bonchev–Trinajstić information content (AvgIpc) is 2.18. The number of hydrogen-bond acceptors (Lipinski definition) is 4. The largest absolute Gasteiger partial charge is 0.502 e. The highest BCUT2D eigenvalue weighted by atomic mass is 16.6. The molecule has 1 aromatic rings. The number of carbonyl (C=O) groups excluding carboxylic acids is 1. The molecule has 6 heteroatoms. The van der Waals surface area contributed by atoms with Crippen LogP contribution in [0.25, 0.3) is 0 Å². The molecule has 1 amide bonds. The Labute approximate surface area is 92.0 Å². The lowest BCUT2D eigenvalue weighted by Gasteiger charge is -2.07. The SMILES string of the molecule is CC(=O)NCc1cc(C)cc([N+](=O)[O-])c1O. The van der Waals surface area contributed by atoms with Gasteiger partial charge in [-0.05, 0) is 12.5 Å². The van der Waals surface area contributed by atoms with Crippen molar-refractivity contribution < 1.29 is 14.8 Å². The first-order chi connectivity index (χ1) is 7.41. The third kappa shape index (κ3) is 2.69. The molecule has 0 saturated heterocycles. The highest BCUT2D eigenvalue weighted by Crippen LogP contribution is 2.30. The van der Waals surface area contributed by atoms with E-state index in [0.29, 0.717) is 11.1 Å². The second kappa shape index (κ2) is 4.61. The first-order valence-electron chi connectivity index (χ1n) is 4.63. The van der Waals surface area contributed by atoms with Crippen molar-refractivity contribution in [1.29, 1.82) is 0 Å². The summed E-state index contributed by atoms with van der Waals surface area (Å²) in [4.78, 5) is 20.7. The van der Waals surface area contributed by atoms with Gasteiger partial charge >= 0.3 is 5.69 Å². The van der Waals surface area contributed by atoms with Crippen molar-refractivity contribution in [2.45, 2.75) is 20.4 Å². The van der Waals surface area contributed by atoms with Crippen molar-refractivity contribution in [3.8, 4) is 5.75 Å². The van der Waals surface area contributed by atoms with Gasteiger partial charge < -0.3 is 10.4 Å². The van der Waals surface area contributed by atoms with Gasteiger partial charge in [-0.25, -0.2) is 0 Å². The maximum atomic E-state index is 10.7. The summed E-state index contributed by atoms with van der Waals surface area (Å²) in [7, 11) is 0. The summed E-state index contributed by atoms with van der Waals surface area (Å²) < 4.78 is 0. The molecule has 6 nitrogen and oxygen atoms in total. The van der Waals surface area contributed by atoms with Crippen LogP contribution in [0.1, 0.15) is 18.1 Å². The predicted molar refractivity (Wildman–Crippen MR) is 57.0 cm³/mol. The molecule has 0 fully saturated rings. The normalized spacial score (nSPS) is 9.88. The van der Waals surface area contributed by atoms with Crippen LogP contribution in [0.4, 0.5) is 5.69 Å². The first-order valence-corrected chi connectivity index (χ1v) is 4.63. The lowest BCUT2D eigenvalue weighted by Crippen LogP contribution is -2.19. The Morgan fingerprint density at radius 2 is 2.19 bits per heavy atom. The van der Waals surface area contributed by atoms with E-state index in [4.69, 9.17) is 0 Å². The van der Waals surface area contributed by atoms with Crippen molar-refractivity contribution in [2.24, 2.45) is 0 Å². The van der Waals surface area contributed by atoms with Crippen molar-refractivity contribution in [3.63, 3.8) is 0 Å². The zero-order chi connectivity index (χ0) is 12.3. The van der Waals surface area contributed by atoms with E-state index in [9.17, 15) is 20.0 Å². The molecule has 0 saturated carbocycles. The molecule has 0 aliphatic rings. The number of nitro groups is 1. The van der Waals surface area contributed by atoms with Gasteiger partial charge in [0.25, 0.3) is 0 Å². The van der Waals surface area contributed by atoms with E-state index in [-0.39, 0.29) is 18.1 Å². The van der Waals surface area contributed by atoms with E-state index in [0.717, 1.165) is 0 Å². The van der Waals surface area contributed by atoms with Crippen LogP contribution in [0, 0.1) is 17.0 Å². The van der Waals surface area contributed by atoms with Crippen molar-refractivity contribution in [3.05, 3.63) is 33.4 Å². The molecule has 0 heterocycles. The zero-order valence-corrected chi connectivity index (χ0v) is 8.98. The highest BCUT2D eigenvalue weighted by Gasteiger charge is 2.17. The summed E-state index contributed by atoms with van der Waals surface area (Å²) in [5.74, 6) is -0.659. The molecular weight excluding hydrogens is 212 g/mol. The lowest BCUT2D eigenvalue weighted by molar-refractivity contribution is -0.386. The van der Waals surface area contributed by atoms with Gasteiger partial charge in [0.2, 0.25) is 5.91 Å². The molecule has 16 heavy (non-hydrogen) atoms. The van der Waals surface area contributed by atoms with Gasteiger partial charge in [0.1, 0.15) is 0 Å². The van der Waals surface area contributed by atoms with E-state index >= 15 is 0 Å². The van der Waals surface area contributed by atoms with Gasteiger partial charge in [0.05, 0.1) is 4.92 Å². The molecule has 1 aromatic carbocycles.